The molecule has 0 aromatic heterocycles. The Morgan fingerprint density at radius 1 is 1.32 bits per heavy atom. The topological polar surface area (TPSA) is 67.9 Å². The van der Waals surface area contributed by atoms with Crippen molar-refractivity contribution in [2.45, 2.75) is 45.7 Å². The first-order valence-corrected chi connectivity index (χ1v) is 6.92. The van der Waals surface area contributed by atoms with Gasteiger partial charge in [-0.2, -0.15) is 0 Å². The van der Waals surface area contributed by atoms with Gasteiger partial charge in [-0.25, -0.2) is 4.79 Å². The van der Waals surface area contributed by atoms with Crippen molar-refractivity contribution < 1.29 is 19.1 Å². The number of rotatable bonds is 5. The lowest BCUT2D eigenvalue weighted by atomic mass is 10.0. The Morgan fingerprint density at radius 3 is 2.63 bits per heavy atom. The number of carbonyl (C=O) groups is 2. The van der Waals surface area contributed by atoms with E-state index in [1.54, 1.807) is 13.8 Å². The van der Waals surface area contributed by atoms with E-state index in [4.69, 9.17) is 9.47 Å². The van der Waals surface area contributed by atoms with Gasteiger partial charge in [-0.15, -0.1) is 0 Å². The van der Waals surface area contributed by atoms with Crippen LogP contribution in [0.3, 0.4) is 0 Å². The van der Waals surface area contributed by atoms with Crippen molar-refractivity contribution in [3.8, 4) is 0 Å². The molecule has 110 valence electrons. The molecule has 1 amide bonds. The average Bonchev–Trinajstić information content (AvgIpc) is 2.38. The van der Waals surface area contributed by atoms with Gasteiger partial charge in [0, 0.05) is 12.6 Å². The molecule has 0 aromatic carbocycles. The molecule has 0 saturated carbocycles. The molecule has 2 unspecified atom stereocenters. The maximum Gasteiger partial charge on any atom is 0.407 e. The fraction of sp³-hybridized carbons (Fsp3) is 0.846. The van der Waals surface area contributed by atoms with Crippen LogP contribution in [-0.4, -0.2) is 55.3 Å². The second-order valence-corrected chi connectivity index (χ2v) is 4.63. The minimum absolute atomic E-state index is 0.0321. The highest BCUT2D eigenvalue weighted by atomic mass is 16.5. The number of hydrogen-bond acceptors (Lipinski definition) is 5. The van der Waals surface area contributed by atoms with E-state index in [0.717, 1.165) is 19.4 Å². The molecule has 1 heterocycles. The number of carbonyl (C=O) groups excluding carboxylic acids is 2. The number of esters is 1. The van der Waals surface area contributed by atoms with Gasteiger partial charge in [-0.05, 0) is 40.2 Å². The number of hydrogen-bond donors (Lipinski definition) is 1. The Kier molecular flexibility index (Phi) is 6.62. The molecule has 2 atom stereocenters. The molecular weight excluding hydrogens is 248 g/mol. The summed E-state index contributed by atoms with van der Waals surface area (Å²) in [7, 11) is 0. The molecule has 6 nitrogen and oxygen atoms in total. The highest BCUT2D eigenvalue weighted by Gasteiger charge is 2.28. The van der Waals surface area contributed by atoms with Crippen LogP contribution in [0.25, 0.3) is 0 Å². The fourth-order valence-corrected chi connectivity index (χ4v) is 2.23. The van der Waals surface area contributed by atoms with Gasteiger partial charge in [0.25, 0.3) is 0 Å². The van der Waals surface area contributed by atoms with Crippen LogP contribution in [0.15, 0.2) is 0 Å². The zero-order chi connectivity index (χ0) is 14.3. The standard InChI is InChI=1S/C13H24N2O4/c1-4-18-12(16)10(3)15-8-6-7-11(9-15)14-13(17)19-5-2/h10-11H,4-9H2,1-3H3,(H,14,17). The van der Waals surface area contributed by atoms with Crippen molar-refractivity contribution in [1.29, 1.82) is 0 Å². The summed E-state index contributed by atoms with van der Waals surface area (Å²) in [4.78, 5) is 25.1. The van der Waals surface area contributed by atoms with E-state index in [9.17, 15) is 9.59 Å². The quantitative estimate of drug-likeness (QED) is 0.760. The molecule has 0 radical (unpaired) electrons. The second kappa shape index (κ2) is 7.99. The molecule has 0 bridgehead atoms. The van der Waals surface area contributed by atoms with Gasteiger partial charge in [-0.1, -0.05) is 0 Å². The van der Waals surface area contributed by atoms with Crippen molar-refractivity contribution in [2.24, 2.45) is 0 Å². The number of ether oxygens (including phenoxy) is 2. The third-order valence-corrected chi connectivity index (χ3v) is 3.23. The summed E-state index contributed by atoms with van der Waals surface area (Å²) in [5.41, 5.74) is 0. The van der Waals surface area contributed by atoms with Gasteiger partial charge in [0.2, 0.25) is 0 Å². The summed E-state index contributed by atoms with van der Waals surface area (Å²) >= 11 is 0. The smallest absolute Gasteiger partial charge is 0.407 e. The summed E-state index contributed by atoms with van der Waals surface area (Å²) in [6, 6.07) is -0.239. The van der Waals surface area contributed by atoms with Crippen LogP contribution in [0.2, 0.25) is 0 Å². The summed E-state index contributed by atoms with van der Waals surface area (Å²) in [6.45, 7) is 7.66. The van der Waals surface area contributed by atoms with Crippen LogP contribution in [0.1, 0.15) is 33.6 Å². The van der Waals surface area contributed by atoms with Gasteiger partial charge in [-0.3, -0.25) is 9.69 Å². The second-order valence-electron chi connectivity index (χ2n) is 4.63. The zero-order valence-electron chi connectivity index (χ0n) is 12.0. The summed E-state index contributed by atoms with van der Waals surface area (Å²) < 4.78 is 9.89. The van der Waals surface area contributed by atoms with Crippen molar-refractivity contribution >= 4 is 12.1 Å². The first-order valence-electron chi connectivity index (χ1n) is 6.92. The van der Waals surface area contributed by atoms with Crippen molar-refractivity contribution in [2.75, 3.05) is 26.3 Å². The zero-order valence-corrected chi connectivity index (χ0v) is 12.0. The van der Waals surface area contributed by atoms with Crippen LogP contribution in [0.5, 0.6) is 0 Å². The van der Waals surface area contributed by atoms with E-state index < -0.39 is 6.09 Å². The Morgan fingerprint density at radius 2 is 2.00 bits per heavy atom. The number of nitrogens with zero attached hydrogens (tertiary/aromatic N) is 1. The average molecular weight is 272 g/mol. The molecule has 0 aliphatic carbocycles. The molecular formula is C13H24N2O4. The lowest BCUT2D eigenvalue weighted by Gasteiger charge is -2.35. The lowest BCUT2D eigenvalue weighted by molar-refractivity contribution is -0.149. The SMILES string of the molecule is CCOC(=O)NC1CCCN(C(C)C(=O)OCC)C1. The van der Waals surface area contributed by atoms with Gasteiger partial charge in [0.1, 0.15) is 6.04 Å². The summed E-state index contributed by atoms with van der Waals surface area (Å²) in [5.74, 6) is -0.209. The first-order chi connectivity index (χ1) is 9.08. The number of alkyl carbamates (subject to hydrolysis) is 1. The van der Waals surface area contributed by atoms with Crippen LogP contribution in [0, 0.1) is 0 Å². The molecule has 19 heavy (non-hydrogen) atoms. The van der Waals surface area contributed by atoms with Gasteiger partial charge >= 0.3 is 12.1 Å². The molecule has 6 heteroatoms. The number of amides is 1. The first kappa shape index (κ1) is 15.8. The minimum atomic E-state index is -0.391. The Labute approximate surface area is 114 Å². The molecule has 1 N–H and O–H groups in total. The Hall–Kier alpha value is -1.30. The van der Waals surface area contributed by atoms with E-state index >= 15 is 0 Å². The van der Waals surface area contributed by atoms with E-state index in [1.807, 2.05) is 11.8 Å². The minimum Gasteiger partial charge on any atom is -0.465 e. The van der Waals surface area contributed by atoms with Crippen LogP contribution in [-0.2, 0) is 14.3 Å². The molecule has 0 spiro atoms. The summed E-state index contributed by atoms with van der Waals surface area (Å²) in [6.07, 6.45) is 1.46. The van der Waals surface area contributed by atoms with E-state index in [-0.39, 0.29) is 18.1 Å². The van der Waals surface area contributed by atoms with Crippen LogP contribution >= 0.6 is 0 Å². The Bertz CT molecular complexity index is 309. The predicted octanol–water partition coefficient (Wildman–Crippen LogP) is 1.15. The van der Waals surface area contributed by atoms with E-state index in [2.05, 4.69) is 5.32 Å². The van der Waals surface area contributed by atoms with Crippen molar-refractivity contribution in [1.82, 2.24) is 10.2 Å². The third kappa shape index (κ3) is 5.06. The molecule has 1 aliphatic heterocycles. The highest BCUT2D eigenvalue weighted by Crippen LogP contribution is 2.14. The van der Waals surface area contributed by atoms with Crippen molar-refractivity contribution in [3.05, 3.63) is 0 Å². The number of piperidine rings is 1. The van der Waals surface area contributed by atoms with Gasteiger partial charge in [0.15, 0.2) is 0 Å². The van der Waals surface area contributed by atoms with Crippen LogP contribution in [0.4, 0.5) is 4.79 Å². The molecule has 0 aromatic rings. The lowest BCUT2D eigenvalue weighted by Crippen LogP contribution is -2.52. The molecule has 1 rings (SSSR count). The highest BCUT2D eigenvalue weighted by molar-refractivity contribution is 5.75. The monoisotopic (exact) mass is 272 g/mol. The van der Waals surface area contributed by atoms with Gasteiger partial charge < -0.3 is 14.8 Å². The maximum atomic E-state index is 11.7. The Balaban J connectivity index is 2.45. The molecule has 1 fully saturated rings. The normalized spacial score (nSPS) is 21.5. The molecule has 1 saturated heterocycles. The predicted molar refractivity (Wildman–Crippen MR) is 70.8 cm³/mol. The number of likely N-dealkylation sites (tertiary alicyclic amines) is 1. The van der Waals surface area contributed by atoms with E-state index in [0.29, 0.717) is 19.8 Å². The van der Waals surface area contributed by atoms with E-state index in [1.165, 1.54) is 0 Å². The van der Waals surface area contributed by atoms with Crippen LogP contribution < -0.4 is 5.32 Å². The van der Waals surface area contributed by atoms with Gasteiger partial charge in [0.05, 0.1) is 13.2 Å². The molecule has 1 aliphatic rings. The fourth-order valence-electron chi connectivity index (χ4n) is 2.23. The maximum absolute atomic E-state index is 11.7. The van der Waals surface area contributed by atoms with Crippen molar-refractivity contribution in [3.63, 3.8) is 0 Å². The number of nitrogens with one attached hydrogen (secondary N) is 1. The largest absolute Gasteiger partial charge is 0.465 e. The third-order valence-electron chi connectivity index (χ3n) is 3.23. The summed E-state index contributed by atoms with van der Waals surface area (Å²) in [5, 5.41) is 2.82.